The summed E-state index contributed by atoms with van der Waals surface area (Å²) in [5, 5.41) is 3.44. The Labute approximate surface area is 115 Å². The first-order chi connectivity index (χ1) is 8.96. The molecule has 1 fully saturated rings. The quantitative estimate of drug-likeness (QED) is 0.800. The fraction of sp³-hybridized carbons (Fsp3) is 0.562. The number of rotatable bonds is 6. The van der Waals surface area contributed by atoms with Crippen LogP contribution in [0, 0.1) is 12.8 Å². The lowest BCUT2D eigenvalue weighted by Crippen LogP contribution is -2.43. The van der Waals surface area contributed by atoms with Gasteiger partial charge in [-0.05, 0) is 39.2 Å². The average Bonchev–Trinajstić information content (AvgIpc) is 3.18. The molecule has 0 heterocycles. The highest BCUT2D eigenvalue weighted by molar-refractivity contribution is 5.74. The van der Waals surface area contributed by atoms with Crippen molar-refractivity contribution < 1.29 is 9.53 Å². The van der Waals surface area contributed by atoms with E-state index in [0.29, 0.717) is 6.61 Å². The van der Waals surface area contributed by atoms with Crippen LogP contribution in [-0.2, 0) is 16.1 Å². The lowest BCUT2D eigenvalue weighted by Gasteiger charge is -2.26. The molecule has 3 nitrogen and oxygen atoms in total. The summed E-state index contributed by atoms with van der Waals surface area (Å²) in [6, 6.07) is 8.42. The van der Waals surface area contributed by atoms with E-state index in [4.69, 9.17) is 4.74 Å². The maximum atomic E-state index is 11.5. The summed E-state index contributed by atoms with van der Waals surface area (Å²) in [6.07, 6.45) is 1.99. The number of benzene rings is 1. The molecule has 0 aliphatic heterocycles. The van der Waals surface area contributed by atoms with Gasteiger partial charge in [-0.3, -0.25) is 4.79 Å². The predicted octanol–water partition coefficient (Wildman–Crippen LogP) is 2.82. The summed E-state index contributed by atoms with van der Waals surface area (Å²) in [6.45, 7) is 7.42. The van der Waals surface area contributed by atoms with E-state index in [1.165, 1.54) is 11.1 Å². The van der Waals surface area contributed by atoms with Crippen molar-refractivity contribution in [2.45, 2.75) is 45.7 Å². The second-order valence-electron chi connectivity index (χ2n) is 6.11. The van der Waals surface area contributed by atoms with Crippen LogP contribution in [0.5, 0.6) is 0 Å². The van der Waals surface area contributed by atoms with E-state index in [2.05, 4.69) is 50.4 Å². The summed E-state index contributed by atoms with van der Waals surface area (Å²) >= 11 is 0. The molecule has 1 aliphatic rings. The molecule has 0 aromatic heterocycles. The fourth-order valence-corrected chi connectivity index (χ4v) is 1.90. The normalized spacial score (nSPS) is 15.3. The van der Waals surface area contributed by atoms with Crippen LogP contribution in [0.15, 0.2) is 24.3 Å². The van der Waals surface area contributed by atoms with Gasteiger partial charge in [0.1, 0.15) is 6.61 Å². The number of carbonyl (C=O) groups excluding carboxylic acids is 1. The van der Waals surface area contributed by atoms with Crippen molar-refractivity contribution in [2.24, 2.45) is 5.92 Å². The third-order valence-corrected chi connectivity index (χ3v) is 3.34. The maximum absolute atomic E-state index is 11.5. The lowest BCUT2D eigenvalue weighted by molar-refractivity contribution is -0.147. The van der Waals surface area contributed by atoms with E-state index >= 15 is 0 Å². The first kappa shape index (κ1) is 14.1. The monoisotopic (exact) mass is 261 g/mol. The molecule has 0 amide bonds. The van der Waals surface area contributed by atoms with E-state index in [9.17, 15) is 4.79 Å². The van der Waals surface area contributed by atoms with Crippen LogP contribution in [0.25, 0.3) is 0 Å². The van der Waals surface area contributed by atoms with Crippen molar-refractivity contribution >= 4 is 5.97 Å². The Balaban J connectivity index is 1.77. The van der Waals surface area contributed by atoms with Crippen LogP contribution < -0.4 is 5.32 Å². The zero-order chi connectivity index (χ0) is 13.9. The fourth-order valence-electron chi connectivity index (χ4n) is 1.90. The molecular weight excluding hydrogens is 238 g/mol. The third kappa shape index (κ3) is 4.67. The topological polar surface area (TPSA) is 38.3 Å². The molecule has 0 bridgehead atoms. The van der Waals surface area contributed by atoms with Gasteiger partial charge < -0.3 is 10.1 Å². The van der Waals surface area contributed by atoms with Gasteiger partial charge in [0.15, 0.2) is 0 Å². The average molecular weight is 261 g/mol. The van der Waals surface area contributed by atoms with Crippen molar-refractivity contribution in [3.8, 4) is 0 Å². The molecule has 0 saturated heterocycles. The minimum Gasteiger partial charge on any atom is -0.464 e. The van der Waals surface area contributed by atoms with E-state index in [0.717, 1.165) is 19.4 Å². The zero-order valence-corrected chi connectivity index (χ0v) is 12.0. The van der Waals surface area contributed by atoms with Crippen molar-refractivity contribution in [1.29, 1.82) is 0 Å². The van der Waals surface area contributed by atoms with E-state index in [1.807, 2.05) is 0 Å². The molecule has 3 heteroatoms. The summed E-state index contributed by atoms with van der Waals surface area (Å²) < 4.78 is 5.34. The van der Waals surface area contributed by atoms with Crippen LogP contribution in [0.1, 0.15) is 37.8 Å². The Morgan fingerprint density at radius 2 is 2.16 bits per heavy atom. The largest absolute Gasteiger partial charge is 0.464 e. The molecule has 0 unspecified atom stereocenters. The van der Waals surface area contributed by atoms with Crippen molar-refractivity contribution in [3.63, 3.8) is 0 Å². The molecular formula is C16H23NO2. The number of esters is 1. The SMILES string of the molecule is Cc1cccc(CNC(C)(C)COC(=O)C2CC2)c1. The zero-order valence-electron chi connectivity index (χ0n) is 12.0. The maximum Gasteiger partial charge on any atom is 0.308 e. The predicted molar refractivity (Wildman–Crippen MR) is 75.8 cm³/mol. The van der Waals surface area contributed by atoms with Crippen LogP contribution >= 0.6 is 0 Å². The Kier molecular flexibility index (Phi) is 4.25. The summed E-state index contributed by atoms with van der Waals surface area (Å²) in [5.41, 5.74) is 2.31. The molecule has 1 N–H and O–H groups in total. The molecule has 2 rings (SSSR count). The van der Waals surface area contributed by atoms with Gasteiger partial charge >= 0.3 is 5.97 Å². The van der Waals surface area contributed by atoms with E-state index < -0.39 is 0 Å². The number of ether oxygens (including phenoxy) is 1. The highest BCUT2D eigenvalue weighted by atomic mass is 16.5. The summed E-state index contributed by atoms with van der Waals surface area (Å²) in [7, 11) is 0. The molecule has 0 radical (unpaired) electrons. The third-order valence-electron chi connectivity index (χ3n) is 3.34. The number of aryl methyl sites for hydroxylation is 1. The van der Waals surface area contributed by atoms with Gasteiger partial charge in [0, 0.05) is 12.1 Å². The first-order valence-corrected chi connectivity index (χ1v) is 6.93. The van der Waals surface area contributed by atoms with Crippen LogP contribution in [0.2, 0.25) is 0 Å². The molecule has 1 aliphatic carbocycles. The summed E-state index contributed by atoms with van der Waals surface area (Å²) in [5.74, 6) is 0.137. The second kappa shape index (κ2) is 5.74. The van der Waals surface area contributed by atoms with Crippen LogP contribution in [0.4, 0.5) is 0 Å². The number of nitrogens with one attached hydrogen (secondary N) is 1. The van der Waals surface area contributed by atoms with Gasteiger partial charge in [-0.15, -0.1) is 0 Å². The Bertz CT molecular complexity index is 450. The van der Waals surface area contributed by atoms with Gasteiger partial charge in [-0.2, -0.15) is 0 Å². The smallest absolute Gasteiger partial charge is 0.308 e. The Morgan fingerprint density at radius 3 is 2.79 bits per heavy atom. The van der Waals surface area contributed by atoms with E-state index in [1.54, 1.807) is 0 Å². The van der Waals surface area contributed by atoms with Gasteiger partial charge in [-0.1, -0.05) is 29.8 Å². The standard InChI is InChI=1S/C16H23NO2/c1-12-5-4-6-13(9-12)10-17-16(2,3)11-19-15(18)14-7-8-14/h4-6,9,14,17H,7-8,10-11H2,1-3H3. The lowest BCUT2D eigenvalue weighted by atomic mass is 10.1. The van der Waals surface area contributed by atoms with Crippen molar-refractivity contribution in [2.75, 3.05) is 6.61 Å². The molecule has 1 aromatic carbocycles. The number of carbonyl (C=O) groups is 1. The summed E-state index contributed by atoms with van der Waals surface area (Å²) in [4.78, 5) is 11.5. The Hall–Kier alpha value is -1.35. The minimum atomic E-state index is -0.200. The molecule has 19 heavy (non-hydrogen) atoms. The highest BCUT2D eigenvalue weighted by Gasteiger charge is 2.32. The molecule has 1 saturated carbocycles. The van der Waals surface area contributed by atoms with Gasteiger partial charge in [0.2, 0.25) is 0 Å². The van der Waals surface area contributed by atoms with E-state index in [-0.39, 0.29) is 17.4 Å². The molecule has 104 valence electrons. The van der Waals surface area contributed by atoms with Gasteiger partial charge in [0.05, 0.1) is 5.92 Å². The number of hydrogen-bond acceptors (Lipinski definition) is 3. The van der Waals surface area contributed by atoms with Gasteiger partial charge in [0.25, 0.3) is 0 Å². The highest BCUT2D eigenvalue weighted by Crippen LogP contribution is 2.30. The van der Waals surface area contributed by atoms with Crippen molar-refractivity contribution in [1.82, 2.24) is 5.32 Å². The van der Waals surface area contributed by atoms with Crippen LogP contribution in [0.3, 0.4) is 0 Å². The Morgan fingerprint density at radius 1 is 1.42 bits per heavy atom. The van der Waals surface area contributed by atoms with Gasteiger partial charge in [-0.25, -0.2) is 0 Å². The molecule has 1 aromatic rings. The van der Waals surface area contributed by atoms with Crippen molar-refractivity contribution in [3.05, 3.63) is 35.4 Å². The first-order valence-electron chi connectivity index (χ1n) is 6.93. The number of hydrogen-bond donors (Lipinski definition) is 1. The van der Waals surface area contributed by atoms with Crippen LogP contribution in [-0.4, -0.2) is 18.1 Å². The second-order valence-corrected chi connectivity index (χ2v) is 6.11. The molecule has 0 atom stereocenters. The minimum absolute atomic E-state index is 0.0366. The molecule has 0 spiro atoms.